The second kappa shape index (κ2) is 8.63. The van der Waals surface area contributed by atoms with E-state index in [1.54, 1.807) is 18.2 Å². The van der Waals surface area contributed by atoms with Crippen molar-refractivity contribution in [2.45, 2.75) is 25.9 Å². The van der Waals surface area contributed by atoms with Crippen LogP contribution < -0.4 is 15.0 Å². The number of halogens is 2. The minimum Gasteiger partial charge on any atom is -0.478 e. The maximum absolute atomic E-state index is 12.7. The highest BCUT2D eigenvalue weighted by Gasteiger charge is 2.34. The number of ether oxygens (including phenoxy) is 1. The van der Waals surface area contributed by atoms with E-state index in [1.165, 1.54) is 4.90 Å². The number of carbonyl (C=O) groups excluding carboxylic acids is 2. The van der Waals surface area contributed by atoms with Crippen molar-refractivity contribution in [1.29, 1.82) is 0 Å². The Bertz CT molecular complexity index is 840. The van der Waals surface area contributed by atoms with Gasteiger partial charge in [0.2, 0.25) is 5.91 Å². The van der Waals surface area contributed by atoms with Gasteiger partial charge >= 0.3 is 0 Å². The summed E-state index contributed by atoms with van der Waals surface area (Å²) in [5.74, 6) is 0.0833. The molecule has 7 heteroatoms. The zero-order valence-electron chi connectivity index (χ0n) is 14.9. The van der Waals surface area contributed by atoms with Crippen LogP contribution in [-0.2, 0) is 16.0 Å². The third-order valence-corrected chi connectivity index (χ3v) is 4.83. The van der Waals surface area contributed by atoms with Crippen LogP contribution in [0.2, 0.25) is 10.0 Å². The maximum atomic E-state index is 12.7. The van der Waals surface area contributed by atoms with Gasteiger partial charge in [0.15, 0.2) is 6.10 Å². The largest absolute Gasteiger partial charge is 0.478 e. The van der Waals surface area contributed by atoms with Gasteiger partial charge in [0, 0.05) is 16.6 Å². The number of fused-ring (bicyclic) bond motifs is 1. The molecule has 0 spiro atoms. The number of carbonyl (C=O) groups is 2. The third kappa shape index (κ3) is 4.73. The zero-order chi connectivity index (χ0) is 19.4. The fourth-order valence-electron chi connectivity index (χ4n) is 2.92. The molecule has 1 unspecified atom stereocenters. The van der Waals surface area contributed by atoms with Crippen molar-refractivity contribution in [2.75, 3.05) is 18.0 Å². The summed E-state index contributed by atoms with van der Waals surface area (Å²) in [7, 11) is 0. The van der Waals surface area contributed by atoms with E-state index in [4.69, 9.17) is 27.9 Å². The van der Waals surface area contributed by atoms with Gasteiger partial charge in [-0.25, -0.2) is 0 Å². The summed E-state index contributed by atoms with van der Waals surface area (Å²) in [5.41, 5.74) is 1.59. The summed E-state index contributed by atoms with van der Waals surface area (Å²) in [5, 5.41) is 4.01. The number of hydrogen-bond acceptors (Lipinski definition) is 3. The molecule has 1 N–H and O–H groups in total. The van der Waals surface area contributed by atoms with Crippen LogP contribution >= 0.6 is 23.2 Å². The molecule has 0 radical (unpaired) electrons. The van der Waals surface area contributed by atoms with Gasteiger partial charge in [0.1, 0.15) is 12.3 Å². The molecule has 1 aliphatic rings. The zero-order valence-corrected chi connectivity index (χ0v) is 16.4. The first-order valence-electron chi connectivity index (χ1n) is 8.76. The van der Waals surface area contributed by atoms with E-state index in [-0.39, 0.29) is 18.4 Å². The number of amides is 2. The predicted octanol–water partition coefficient (Wildman–Crippen LogP) is 3.86. The van der Waals surface area contributed by atoms with E-state index in [0.29, 0.717) is 40.9 Å². The number of nitrogens with one attached hydrogen (secondary N) is 1. The third-order valence-electron chi connectivity index (χ3n) is 4.34. The van der Waals surface area contributed by atoms with Crippen molar-refractivity contribution in [3.05, 3.63) is 58.1 Å². The second-order valence-electron chi connectivity index (χ2n) is 6.28. The lowest BCUT2D eigenvalue weighted by Gasteiger charge is -2.33. The fraction of sp³-hybridized carbons (Fsp3) is 0.300. The summed E-state index contributed by atoms with van der Waals surface area (Å²) < 4.78 is 5.72. The van der Waals surface area contributed by atoms with Crippen LogP contribution in [0.5, 0.6) is 5.75 Å². The topological polar surface area (TPSA) is 58.6 Å². The Kier molecular flexibility index (Phi) is 6.24. The van der Waals surface area contributed by atoms with Gasteiger partial charge in [-0.15, -0.1) is 0 Å². The molecule has 1 atom stereocenters. The second-order valence-corrected chi connectivity index (χ2v) is 7.15. The lowest BCUT2D eigenvalue weighted by Crippen LogP contribution is -2.49. The van der Waals surface area contributed by atoms with Gasteiger partial charge < -0.3 is 10.1 Å². The van der Waals surface area contributed by atoms with Crippen LogP contribution in [0.25, 0.3) is 0 Å². The van der Waals surface area contributed by atoms with Gasteiger partial charge in [-0.1, -0.05) is 42.3 Å². The quantitative estimate of drug-likeness (QED) is 0.792. The summed E-state index contributed by atoms with van der Waals surface area (Å²) in [6.45, 7) is 2.26. The smallest absolute Gasteiger partial charge is 0.268 e. The van der Waals surface area contributed by atoms with E-state index >= 15 is 0 Å². The Morgan fingerprint density at radius 1 is 1.15 bits per heavy atom. The molecule has 142 valence electrons. The van der Waals surface area contributed by atoms with Crippen LogP contribution in [-0.4, -0.2) is 31.0 Å². The van der Waals surface area contributed by atoms with Crippen molar-refractivity contribution in [2.24, 2.45) is 0 Å². The molecule has 0 bridgehead atoms. The van der Waals surface area contributed by atoms with E-state index in [0.717, 1.165) is 5.56 Å². The minimum atomic E-state index is -0.597. The van der Waals surface area contributed by atoms with Gasteiger partial charge in [0.25, 0.3) is 5.91 Å². The van der Waals surface area contributed by atoms with Crippen LogP contribution in [0.4, 0.5) is 5.69 Å². The Hall–Kier alpha value is -2.24. The SMILES string of the molecule is CCC1Oc2ccc(Cl)cc2N(CC(=O)NCCc2ccc(Cl)cc2)C1=O. The van der Waals surface area contributed by atoms with Crippen molar-refractivity contribution >= 4 is 40.7 Å². The number of hydrogen-bond donors (Lipinski definition) is 1. The molecule has 0 saturated carbocycles. The molecule has 1 heterocycles. The minimum absolute atomic E-state index is 0.0767. The lowest BCUT2D eigenvalue weighted by atomic mass is 10.1. The maximum Gasteiger partial charge on any atom is 0.268 e. The van der Waals surface area contributed by atoms with Gasteiger partial charge in [-0.05, 0) is 48.7 Å². The fourth-order valence-corrected chi connectivity index (χ4v) is 3.21. The average Bonchev–Trinajstić information content (AvgIpc) is 2.65. The first-order valence-corrected chi connectivity index (χ1v) is 9.52. The standard InChI is InChI=1S/C20H20Cl2N2O3/c1-2-17-20(26)24(16-11-15(22)7-8-18(16)27-17)12-19(25)23-10-9-13-3-5-14(21)6-4-13/h3-8,11,17H,2,9-10,12H2,1H3,(H,23,25). The van der Waals surface area contributed by atoms with Gasteiger partial charge in [0.05, 0.1) is 5.69 Å². The normalized spacial score (nSPS) is 15.9. The molecular formula is C20H20Cl2N2O3. The van der Waals surface area contributed by atoms with Crippen molar-refractivity contribution in [3.8, 4) is 5.75 Å². The molecule has 1 aliphatic heterocycles. The van der Waals surface area contributed by atoms with Crippen molar-refractivity contribution < 1.29 is 14.3 Å². The molecule has 5 nitrogen and oxygen atoms in total. The van der Waals surface area contributed by atoms with Gasteiger partial charge in [-0.2, -0.15) is 0 Å². The highest BCUT2D eigenvalue weighted by atomic mass is 35.5. The Labute approximate surface area is 168 Å². The average molecular weight is 407 g/mol. The highest BCUT2D eigenvalue weighted by Crippen LogP contribution is 2.36. The molecule has 3 rings (SSSR count). The van der Waals surface area contributed by atoms with Crippen LogP contribution in [0.3, 0.4) is 0 Å². The molecule has 2 amide bonds. The first kappa shape index (κ1) is 19.5. The lowest BCUT2D eigenvalue weighted by molar-refractivity contribution is -0.129. The number of benzene rings is 2. The van der Waals surface area contributed by atoms with Crippen LogP contribution in [0.15, 0.2) is 42.5 Å². The molecule has 0 aliphatic carbocycles. The highest BCUT2D eigenvalue weighted by molar-refractivity contribution is 6.31. The molecule has 2 aromatic carbocycles. The molecule has 0 fully saturated rings. The van der Waals surface area contributed by atoms with Crippen molar-refractivity contribution in [3.63, 3.8) is 0 Å². The Morgan fingerprint density at radius 2 is 1.85 bits per heavy atom. The first-order chi connectivity index (χ1) is 13.0. The van der Waals surface area contributed by atoms with Crippen LogP contribution in [0.1, 0.15) is 18.9 Å². The Morgan fingerprint density at radius 3 is 2.56 bits per heavy atom. The van der Waals surface area contributed by atoms with E-state index in [2.05, 4.69) is 5.32 Å². The molecule has 0 aromatic heterocycles. The summed E-state index contributed by atoms with van der Waals surface area (Å²) in [4.78, 5) is 26.5. The number of nitrogens with zero attached hydrogens (tertiary/aromatic N) is 1. The van der Waals surface area contributed by atoms with E-state index in [9.17, 15) is 9.59 Å². The van der Waals surface area contributed by atoms with E-state index < -0.39 is 6.10 Å². The summed E-state index contributed by atoms with van der Waals surface area (Å²) >= 11 is 11.9. The van der Waals surface area contributed by atoms with Crippen LogP contribution in [0, 0.1) is 0 Å². The molecular weight excluding hydrogens is 387 g/mol. The van der Waals surface area contributed by atoms with E-state index in [1.807, 2.05) is 31.2 Å². The summed E-state index contributed by atoms with van der Waals surface area (Å²) in [6, 6.07) is 12.5. The summed E-state index contributed by atoms with van der Waals surface area (Å²) in [6.07, 6.45) is 0.607. The number of anilines is 1. The Balaban J connectivity index is 1.64. The molecule has 0 saturated heterocycles. The predicted molar refractivity (Wildman–Crippen MR) is 107 cm³/mol. The van der Waals surface area contributed by atoms with Crippen molar-refractivity contribution in [1.82, 2.24) is 5.32 Å². The monoisotopic (exact) mass is 406 g/mol. The molecule has 27 heavy (non-hydrogen) atoms. The molecule has 2 aromatic rings. The van der Waals surface area contributed by atoms with Gasteiger partial charge in [-0.3, -0.25) is 14.5 Å². The number of rotatable bonds is 6.